The summed E-state index contributed by atoms with van der Waals surface area (Å²) in [6, 6.07) is 1.61. The van der Waals surface area contributed by atoms with Crippen molar-refractivity contribution < 1.29 is 14.3 Å². The molecule has 1 aliphatic carbocycles. The molecule has 4 nitrogen and oxygen atoms in total. The standard InChI is InChI=1S/C15H23NO3/c1-11-14(15(17)18)9-13(19-11)10-16-8-4-7-12-5-2-3-6-12/h9,12,16H,2-8,10H2,1H3,(H,17,18). The maximum atomic E-state index is 10.9. The van der Waals surface area contributed by atoms with Gasteiger partial charge in [0.15, 0.2) is 0 Å². The molecule has 0 saturated heterocycles. The third-order valence-corrected chi connectivity index (χ3v) is 3.94. The van der Waals surface area contributed by atoms with Crippen LogP contribution in [-0.4, -0.2) is 17.6 Å². The molecule has 1 aliphatic rings. The third-order valence-electron chi connectivity index (χ3n) is 3.94. The lowest BCUT2D eigenvalue weighted by Crippen LogP contribution is -2.15. The summed E-state index contributed by atoms with van der Waals surface area (Å²) in [5.74, 6) is 1.20. The molecular weight excluding hydrogens is 242 g/mol. The van der Waals surface area contributed by atoms with Gasteiger partial charge in [-0.25, -0.2) is 4.79 Å². The number of hydrogen-bond donors (Lipinski definition) is 2. The topological polar surface area (TPSA) is 62.5 Å². The number of nitrogens with one attached hydrogen (secondary N) is 1. The van der Waals surface area contributed by atoms with Crippen LogP contribution in [0.2, 0.25) is 0 Å². The second-order valence-electron chi connectivity index (χ2n) is 5.46. The second-order valence-corrected chi connectivity index (χ2v) is 5.46. The molecule has 0 spiro atoms. The third kappa shape index (κ3) is 4.10. The van der Waals surface area contributed by atoms with Crippen LogP contribution < -0.4 is 5.32 Å². The Hall–Kier alpha value is -1.29. The highest BCUT2D eigenvalue weighted by molar-refractivity contribution is 5.88. The van der Waals surface area contributed by atoms with Gasteiger partial charge in [-0.15, -0.1) is 0 Å². The van der Waals surface area contributed by atoms with E-state index in [1.807, 2.05) is 0 Å². The molecule has 1 aromatic heterocycles. The smallest absolute Gasteiger partial charge is 0.339 e. The molecule has 1 saturated carbocycles. The van der Waals surface area contributed by atoms with Gasteiger partial charge in [-0.3, -0.25) is 0 Å². The van der Waals surface area contributed by atoms with Crippen molar-refractivity contribution >= 4 is 5.97 Å². The van der Waals surface area contributed by atoms with E-state index in [9.17, 15) is 4.79 Å². The minimum Gasteiger partial charge on any atom is -0.478 e. The number of rotatable bonds is 7. The fraction of sp³-hybridized carbons (Fsp3) is 0.667. The van der Waals surface area contributed by atoms with Gasteiger partial charge < -0.3 is 14.8 Å². The highest BCUT2D eigenvalue weighted by atomic mass is 16.4. The highest BCUT2D eigenvalue weighted by Crippen LogP contribution is 2.28. The Balaban J connectivity index is 1.65. The molecular formula is C15H23NO3. The first-order valence-corrected chi connectivity index (χ1v) is 7.20. The number of furan rings is 1. The largest absolute Gasteiger partial charge is 0.478 e. The Morgan fingerprint density at radius 1 is 1.47 bits per heavy atom. The molecule has 1 aromatic rings. The van der Waals surface area contributed by atoms with Gasteiger partial charge in [0.25, 0.3) is 0 Å². The van der Waals surface area contributed by atoms with Gasteiger partial charge in [0, 0.05) is 0 Å². The normalized spacial score (nSPS) is 16.1. The summed E-state index contributed by atoms with van der Waals surface area (Å²) >= 11 is 0. The van der Waals surface area contributed by atoms with E-state index in [1.54, 1.807) is 13.0 Å². The molecule has 2 N–H and O–H groups in total. The van der Waals surface area contributed by atoms with Crippen molar-refractivity contribution in [1.29, 1.82) is 0 Å². The quantitative estimate of drug-likeness (QED) is 0.742. The lowest BCUT2D eigenvalue weighted by atomic mass is 10.0. The summed E-state index contributed by atoms with van der Waals surface area (Å²) in [4.78, 5) is 10.9. The van der Waals surface area contributed by atoms with E-state index in [2.05, 4.69) is 5.32 Å². The Morgan fingerprint density at radius 3 is 2.84 bits per heavy atom. The molecule has 4 heteroatoms. The fourth-order valence-corrected chi connectivity index (χ4v) is 2.87. The number of carboxylic acid groups (broad SMARTS) is 1. The molecule has 0 aliphatic heterocycles. The van der Waals surface area contributed by atoms with E-state index in [4.69, 9.17) is 9.52 Å². The molecule has 0 unspecified atom stereocenters. The average Bonchev–Trinajstić information content (AvgIpc) is 2.98. The zero-order valence-electron chi connectivity index (χ0n) is 11.6. The van der Waals surface area contributed by atoms with Crippen LogP contribution in [0.25, 0.3) is 0 Å². The predicted octanol–water partition coefficient (Wildman–Crippen LogP) is 3.35. The lowest BCUT2D eigenvalue weighted by molar-refractivity contribution is 0.0695. The van der Waals surface area contributed by atoms with E-state index in [-0.39, 0.29) is 5.56 Å². The number of hydrogen-bond acceptors (Lipinski definition) is 3. The van der Waals surface area contributed by atoms with Crippen molar-refractivity contribution in [2.24, 2.45) is 5.92 Å². The van der Waals surface area contributed by atoms with Crippen LogP contribution in [0.5, 0.6) is 0 Å². The van der Waals surface area contributed by atoms with Crippen LogP contribution in [-0.2, 0) is 6.54 Å². The zero-order chi connectivity index (χ0) is 13.7. The zero-order valence-corrected chi connectivity index (χ0v) is 11.6. The number of aryl methyl sites for hydroxylation is 1. The first-order valence-electron chi connectivity index (χ1n) is 7.20. The van der Waals surface area contributed by atoms with Crippen LogP contribution in [0.3, 0.4) is 0 Å². The van der Waals surface area contributed by atoms with E-state index in [0.29, 0.717) is 18.1 Å². The fourth-order valence-electron chi connectivity index (χ4n) is 2.87. The van der Waals surface area contributed by atoms with Gasteiger partial charge in [0.1, 0.15) is 17.1 Å². The van der Waals surface area contributed by atoms with Crippen LogP contribution in [0.15, 0.2) is 10.5 Å². The van der Waals surface area contributed by atoms with Crippen molar-refractivity contribution in [3.8, 4) is 0 Å². The Labute approximate surface area is 114 Å². The van der Waals surface area contributed by atoms with Gasteiger partial charge >= 0.3 is 5.97 Å². The van der Waals surface area contributed by atoms with Crippen LogP contribution >= 0.6 is 0 Å². The molecule has 1 fully saturated rings. The van der Waals surface area contributed by atoms with Gasteiger partial charge in [0.05, 0.1) is 6.54 Å². The maximum Gasteiger partial charge on any atom is 0.339 e. The molecule has 0 aromatic carbocycles. The van der Waals surface area contributed by atoms with Gasteiger partial charge in [-0.2, -0.15) is 0 Å². The van der Waals surface area contributed by atoms with Crippen LogP contribution in [0, 0.1) is 12.8 Å². The van der Waals surface area contributed by atoms with E-state index < -0.39 is 5.97 Å². The van der Waals surface area contributed by atoms with Crippen molar-refractivity contribution in [2.45, 2.75) is 52.0 Å². The van der Waals surface area contributed by atoms with E-state index >= 15 is 0 Å². The minimum atomic E-state index is -0.922. The monoisotopic (exact) mass is 265 g/mol. The highest BCUT2D eigenvalue weighted by Gasteiger charge is 2.15. The first-order chi connectivity index (χ1) is 9.16. The Bertz CT molecular complexity index is 419. The average molecular weight is 265 g/mol. The molecule has 1 heterocycles. The predicted molar refractivity (Wildman–Crippen MR) is 73.3 cm³/mol. The minimum absolute atomic E-state index is 0.266. The van der Waals surface area contributed by atoms with E-state index in [1.165, 1.54) is 38.5 Å². The van der Waals surface area contributed by atoms with Crippen LogP contribution in [0.1, 0.15) is 60.4 Å². The van der Waals surface area contributed by atoms with Gasteiger partial charge in [0.2, 0.25) is 0 Å². The number of carbonyl (C=O) groups is 1. The number of aromatic carboxylic acids is 1. The molecule has 0 bridgehead atoms. The molecule has 0 amide bonds. The molecule has 0 atom stereocenters. The second kappa shape index (κ2) is 6.75. The van der Waals surface area contributed by atoms with Gasteiger partial charge in [-0.05, 0) is 38.3 Å². The van der Waals surface area contributed by atoms with E-state index in [0.717, 1.165) is 12.5 Å². The molecule has 0 radical (unpaired) electrons. The van der Waals surface area contributed by atoms with Crippen molar-refractivity contribution in [1.82, 2.24) is 5.32 Å². The van der Waals surface area contributed by atoms with Crippen molar-refractivity contribution in [3.05, 3.63) is 23.2 Å². The molecule has 106 valence electrons. The van der Waals surface area contributed by atoms with Crippen molar-refractivity contribution in [3.63, 3.8) is 0 Å². The SMILES string of the molecule is Cc1oc(CNCCCC2CCCC2)cc1C(=O)O. The summed E-state index contributed by atoms with van der Waals surface area (Å²) in [5.41, 5.74) is 0.266. The summed E-state index contributed by atoms with van der Waals surface area (Å²) < 4.78 is 5.41. The summed E-state index contributed by atoms with van der Waals surface area (Å²) in [6.45, 7) is 3.27. The van der Waals surface area contributed by atoms with Gasteiger partial charge in [-0.1, -0.05) is 25.7 Å². The summed E-state index contributed by atoms with van der Waals surface area (Å²) in [5, 5.41) is 12.2. The maximum absolute atomic E-state index is 10.9. The summed E-state index contributed by atoms with van der Waals surface area (Å²) in [6.07, 6.45) is 8.11. The summed E-state index contributed by atoms with van der Waals surface area (Å²) in [7, 11) is 0. The Morgan fingerprint density at radius 2 is 2.21 bits per heavy atom. The van der Waals surface area contributed by atoms with Crippen LogP contribution in [0.4, 0.5) is 0 Å². The Kier molecular flexibility index (Phi) is 5.02. The molecule has 2 rings (SSSR count). The lowest BCUT2D eigenvalue weighted by Gasteiger charge is -2.08. The first kappa shape index (κ1) is 14.1. The number of carboxylic acids is 1. The molecule has 19 heavy (non-hydrogen) atoms. The van der Waals surface area contributed by atoms with Crippen molar-refractivity contribution in [2.75, 3.05) is 6.54 Å².